The Morgan fingerprint density at radius 1 is 0.667 bits per heavy atom. The van der Waals surface area contributed by atoms with Gasteiger partial charge in [0.25, 0.3) is 0 Å². The summed E-state index contributed by atoms with van der Waals surface area (Å²) < 4.78 is 2.33. The van der Waals surface area contributed by atoms with Crippen molar-refractivity contribution in [2.45, 2.75) is 16.5 Å². The van der Waals surface area contributed by atoms with Crippen LogP contribution in [0.1, 0.15) is 5.56 Å². The van der Waals surface area contributed by atoms with Gasteiger partial charge in [-0.05, 0) is 41.0 Å². The van der Waals surface area contributed by atoms with E-state index >= 15 is 0 Å². The van der Waals surface area contributed by atoms with Crippen molar-refractivity contribution in [2.24, 2.45) is 0 Å². The molecule has 3 nitrogen and oxygen atoms in total. The summed E-state index contributed by atoms with van der Waals surface area (Å²) in [5.74, 6) is 0. The Labute approximate surface area is 219 Å². The number of rotatable bonds is 6. The highest BCUT2D eigenvalue weighted by Crippen LogP contribution is 2.44. The third-order valence-electron chi connectivity index (χ3n) is 6.13. The summed E-state index contributed by atoms with van der Waals surface area (Å²) in [5, 5.41) is 2.70. The molecule has 0 atom stereocenters. The zero-order chi connectivity index (χ0) is 24.3. The predicted octanol–water partition coefficient (Wildman–Crippen LogP) is 8.62. The molecule has 0 saturated heterocycles. The minimum Gasteiger partial charge on any atom is -0.320 e. The van der Waals surface area contributed by atoms with Gasteiger partial charge in [0.2, 0.25) is 0 Å². The van der Waals surface area contributed by atoms with Gasteiger partial charge in [-0.15, -0.1) is 0 Å². The van der Waals surface area contributed by atoms with Crippen molar-refractivity contribution in [3.05, 3.63) is 132 Å². The van der Waals surface area contributed by atoms with Gasteiger partial charge in [-0.1, -0.05) is 114 Å². The van der Waals surface area contributed by atoms with E-state index in [0.29, 0.717) is 6.54 Å². The highest BCUT2D eigenvalue weighted by atomic mass is 35.5. The molecule has 0 aliphatic rings. The minimum atomic E-state index is 0.705. The standard InChI is InChI=1S/C31H22ClN3S/c32-25-16-18-26(19-17-25)36-31-28-27(23-12-6-2-7-13-23)29(24-14-8-3-9-15-24)35(30(28)33-21-34-31)20-22-10-4-1-5-11-22/h1-19,21H,20H2. The number of aromatic nitrogens is 3. The van der Waals surface area contributed by atoms with E-state index in [2.05, 4.69) is 89.5 Å². The van der Waals surface area contributed by atoms with Gasteiger partial charge in [0.05, 0.1) is 11.1 Å². The van der Waals surface area contributed by atoms with Gasteiger partial charge in [0, 0.05) is 22.0 Å². The number of benzene rings is 4. The van der Waals surface area contributed by atoms with Crippen molar-refractivity contribution in [3.63, 3.8) is 0 Å². The van der Waals surface area contributed by atoms with Gasteiger partial charge in [-0.3, -0.25) is 0 Å². The van der Waals surface area contributed by atoms with E-state index < -0.39 is 0 Å². The van der Waals surface area contributed by atoms with Crippen molar-refractivity contribution in [1.29, 1.82) is 0 Å². The first-order valence-corrected chi connectivity index (χ1v) is 12.9. The van der Waals surface area contributed by atoms with E-state index in [1.165, 1.54) is 5.56 Å². The maximum atomic E-state index is 6.15. The summed E-state index contributed by atoms with van der Waals surface area (Å²) in [7, 11) is 0. The second kappa shape index (κ2) is 10.0. The molecule has 0 radical (unpaired) electrons. The maximum Gasteiger partial charge on any atom is 0.145 e. The first-order chi connectivity index (χ1) is 17.8. The van der Waals surface area contributed by atoms with E-state index in [0.717, 1.165) is 48.4 Å². The minimum absolute atomic E-state index is 0.705. The number of hydrogen-bond acceptors (Lipinski definition) is 3. The number of halogens is 1. The predicted molar refractivity (Wildman–Crippen MR) is 150 cm³/mol. The van der Waals surface area contributed by atoms with Gasteiger partial charge in [0.15, 0.2) is 0 Å². The van der Waals surface area contributed by atoms with Crippen LogP contribution in [-0.4, -0.2) is 14.5 Å². The van der Waals surface area contributed by atoms with Crippen LogP contribution in [0.25, 0.3) is 33.4 Å². The Bertz CT molecular complexity index is 1610. The Morgan fingerprint density at radius 2 is 1.28 bits per heavy atom. The Morgan fingerprint density at radius 3 is 1.94 bits per heavy atom. The molecule has 0 N–H and O–H groups in total. The SMILES string of the molecule is Clc1ccc(Sc2ncnc3c2c(-c2ccccc2)c(-c2ccccc2)n3Cc2ccccc2)cc1. The third-order valence-corrected chi connectivity index (χ3v) is 7.39. The smallest absolute Gasteiger partial charge is 0.145 e. The number of fused-ring (bicyclic) bond motifs is 1. The summed E-state index contributed by atoms with van der Waals surface area (Å²) in [6.07, 6.45) is 1.67. The second-order valence-electron chi connectivity index (χ2n) is 8.46. The van der Waals surface area contributed by atoms with Gasteiger partial charge >= 0.3 is 0 Å². The average molecular weight is 504 g/mol. The van der Waals surface area contributed by atoms with E-state index in [1.54, 1.807) is 18.1 Å². The largest absolute Gasteiger partial charge is 0.320 e. The van der Waals surface area contributed by atoms with Crippen LogP contribution >= 0.6 is 23.4 Å². The fraction of sp³-hybridized carbons (Fsp3) is 0.0323. The Balaban J connectivity index is 1.67. The summed E-state index contributed by atoms with van der Waals surface area (Å²) in [5.41, 5.74) is 6.71. The zero-order valence-electron chi connectivity index (χ0n) is 19.4. The first-order valence-electron chi connectivity index (χ1n) is 11.7. The molecular weight excluding hydrogens is 482 g/mol. The molecule has 2 heterocycles. The van der Waals surface area contributed by atoms with E-state index in [1.807, 2.05) is 30.3 Å². The van der Waals surface area contributed by atoms with Crippen molar-refractivity contribution in [3.8, 4) is 22.4 Å². The normalized spacial score (nSPS) is 11.1. The van der Waals surface area contributed by atoms with Crippen LogP contribution in [0.5, 0.6) is 0 Å². The van der Waals surface area contributed by atoms with Crippen LogP contribution < -0.4 is 0 Å². The first kappa shape index (κ1) is 22.6. The molecule has 6 rings (SSSR count). The van der Waals surface area contributed by atoms with Gasteiger partial charge in [-0.25, -0.2) is 9.97 Å². The van der Waals surface area contributed by atoms with Crippen molar-refractivity contribution in [2.75, 3.05) is 0 Å². The number of hydrogen-bond donors (Lipinski definition) is 0. The maximum absolute atomic E-state index is 6.15. The lowest BCUT2D eigenvalue weighted by Crippen LogP contribution is -2.03. The monoisotopic (exact) mass is 503 g/mol. The van der Waals surface area contributed by atoms with Crippen LogP contribution in [-0.2, 0) is 6.54 Å². The van der Waals surface area contributed by atoms with Crippen LogP contribution in [0, 0.1) is 0 Å². The van der Waals surface area contributed by atoms with Gasteiger partial charge in [-0.2, -0.15) is 0 Å². The highest BCUT2D eigenvalue weighted by Gasteiger charge is 2.24. The molecule has 0 aliphatic carbocycles. The van der Waals surface area contributed by atoms with E-state index in [9.17, 15) is 0 Å². The molecule has 0 unspecified atom stereocenters. The summed E-state index contributed by atoms with van der Waals surface area (Å²) >= 11 is 7.78. The summed E-state index contributed by atoms with van der Waals surface area (Å²) in [4.78, 5) is 10.7. The average Bonchev–Trinajstić information content (AvgIpc) is 3.26. The number of nitrogens with zero attached hydrogens (tertiary/aromatic N) is 3. The molecule has 2 aromatic heterocycles. The fourth-order valence-electron chi connectivity index (χ4n) is 4.54. The van der Waals surface area contributed by atoms with Crippen molar-refractivity contribution >= 4 is 34.4 Å². The summed E-state index contributed by atoms with van der Waals surface area (Å²) in [6.45, 7) is 0.705. The molecule has 4 aromatic carbocycles. The van der Waals surface area contributed by atoms with Crippen molar-refractivity contribution < 1.29 is 0 Å². The van der Waals surface area contributed by atoms with Crippen LogP contribution in [0.3, 0.4) is 0 Å². The fourth-order valence-corrected chi connectivity index (χ4v) is 5.55. The lowest BCUT2D eigenvalue weighted by Gasteiger charge is -2.13. The molecule has 6 aromatic rings. The zero-order valence-corrected chi connectivity index (χ0v) is 21.0. The molecule has 36 heavy (non-hydrogen) atoms. The lowest BCUT2D eigenvalue weighted by atomic mass is 9.99. The highest BCUT2D eigenvalue weighted by molar-refractivity contribution is 7.99. The quantitative estimate of drug-likeness (QED) is 0.213. The molecule has 0 aliphatic heterocycles. The van der Waals surface area contributed by atoms with Gasteiger partial charge < -0.3 is 4.57 Å². The van der Waals surface area contributed by atoms with Crippen molar-refractivity contribution in [1.82, 2.24) is 14.5 Å². The van der Waals surface area contributed by atoms with Gasteiger partial charge in [0.1, 0.15) is 17.0 Å². The molecule has 5 heteroatoms. The second-order valence-corrected chi connectivity index (χ2v) is 9.96. The van der Waals surface area contributed by atoms with Crippen LogP contribution in [0.4, 0.5) is 0 Å². The van der Waals surface area contributed by atoms with E-state index in [-0.39, 0.29) is 0 Å². The summed E-state index contributed by atoms with van der Waals surface area (Å²) in [6, 6.07) is 39.5. The third kappa shape index (κ3) is 4.41. The Kier molecular flexibility index (Phi) is 6.29. The van der Waals surface area contributed by atoms with Crippen LogP contribution in [0.2, 0.25) is 5.02 Å². The molecule has 0 bridgehead atoms. The molecular formula is C31H22ClN3S. The Hall–Kier alpha value is -3.86. The molecule has 174 valence electrons. The topological polar surface area (TPSA) is 30.7 Å². The van der Waals surface area contributed by atoms with Crippen LogP contribution in [0.15, 0.2) is 132 Å². The molecule has 0 amide bonds. The molecule has 0 spiro atoms. The van der Waals surface area contributed by atoms with E-state index in [4.69, 9.17) is 21.6 Å². The molecule has 0 saturated carbocycles. The lowest BCUT2D eigenvalue weighted by molar-refractivity contribution is 0.830. The molecule has 0 fully saturated rings.